The highest BCUT2D eigenvalue weighted by molar-refractivity contribution is 6.45. The SMILES string of the molecule is O=C(Nc1ccc2ccccc2c1)C(=O)Nc1ccc(Cl)cc1Cl. The molecule has 0 saturated carbocycles. The van der Waals surface area contributed by atoms with E-state index in [1.165, 1.54) is 12.1 Å². The monoisotopic (exact) mass is 358 g/mol. The quantitative estimate of drug-likeness (QED) is 0.651. The normalized spacial score (nSPS) is 10.4. The molecular weight excluding hydrogens is 347 g/mol. The molecular formula is C18H12Cl2N2O2. The maximum atomic E-state index is 12.0. The van der Waals surface area contributed by atoms with Gasteiger partial charge in [0.1, 0.15) is 0 Å². The summed E-state index contributed by atoms with van der Waals surface area (Å²) in [6.07, 6.45) is 0. The molecule has 2 amide bonds. The fraction of sp³-hybridized carbons (Fsp3) is 0. The Kier molecular flexibility index (Phi) is 4.69. The van der Waals surface area contributed by atoms with Crippen LogP contribution in [0.3, 0.4) is 0 Å². The molecule has 0 radical (unpaired) electrons. The van der Waals surface area contributed by atoms with Crippen LogP contribution in [0.25, 0.3) is 10.8 Å². The summed E-state index contributed by atoms with van der Waals surface area (Å²) in [5, 5.41) is 7.74. The first-order valence-electron chi connectivity index (χ1n) is 7.09. The van der Waals surface area contributed by atoms with Crippen molar-refractivity contribution in [1.82, 2.24) is 0 Å². The topological polar surface area (TPSA) is 58.2 Å². The van der Waals surface area contributed by atoms with Crippen LogP contribution in [0.4, 0.5) is 11.4 Å². The lowest BCUT2D eigenvalue weighted by Gasteiger charge is -2.09. The van der Waals surface area contributed by atoms with E-state index < -0.39 is 11.8 Å². The molecule has 0 atom stereocenters. The van der Waals surface area contributed by atoms with Gasteiger partial charge in [-0.1, -0.05) is 53.5 Å². The van der Waals surface area contributed by atoms with Crippen molar-refractivity contribution in [1.29, 1.82) is 0 Å². The smallest absolute Gasteiger partial charge is 0.314 e. The molecule has 2 N–H and O–H groups in total. The molecule has 0 saturated heterocycles. The summed E-state index contributed by atoms with van der Waals surface area (Å²) in [7, 11) is 0. The summed E-state index contributed by atoms with van der Waals surface area (Å²) < 4.78 is 0. The molecule has 0 spiro atoms. The van der Waals surface area contributed by atoms with Crippen molar-refractivity contribution in [2.24, 2.45) is 0 Å². The average molecular weight is 359 g/mol. The Bertz CT molecular complexity index is 941. The van der Waals surface area contributed by atoms with Gasteiger partial charge in [0.25, 0.3) is 0 Å². The molecule has 0 heterocycles. The number of benzene rings is 3. The van der Waals surface area contributed by atoms with E-state index in [4.69, 9.17) is 23.2 Å². The fourth-order valence-corrected chi connectivity index (χ4v) is 2.68. The molecule has 3 rings (SSSR count). The zero-order valence-corrected chi connectivity index (χ0v) is 13.9. The summed E-state index contributed by atoms with van der Waals surface area (Å²) in [6, 6.07) is 17.7. The molecule has 0 aromatic heterocycles. The predicted octanol–water partition coefficient (Wildman–Crippen LogP) is 4.72. The Morgan fingerprint density at radius 3 is 2.21 bits per heavy atom. The van der Waals surface area contributed by atoms with Crippen LogP contribution in [0.5, 0.6) is 0 Å². The molecule has 0 aliphatic rings. The standard InChI is InChI=1S/C18H12Cl2N2O2/c19-13-6-8-16(15(20)10-13)22-18(24)17(23)21-14-7-5-11-3-1-2-4-12(11)9-14/h1-10H,(H,21,23)(H,22,24). The molecule has 0 aliphatic heterocycles. The maximum Gasteiger partial charge on any atom is 0.314 e. The number of fused-ring (bicyclic) bond motifs is 1. The number of nitrogens with one attached hydrogen (secondary N) is 2. The number of rotatable bonds is 2. The second kappa shape index (κ2) is 6.91. The number of carbonyl (C=O) groups excluding carboxylic acids is 2. The molecule has 0 aliphatic carbocycles. The zero-order valence-electron chi connectivity index (χ0n) is 12.3. The lowest BCUT2D eigenvalue weighted by molar-refractivity contribution is -0.132. The summed E-state index contributed by atoms with van der Waals surface area (Å²) in [6.45, 7) is 0. The summed E-state index contributed by atoms with van der Waals surface area (Å²) >= 11 is 11.8. The number of hydrogen-bond acceptors (Lipinski definition) is 2. The van der Waals surface area contributed by atoms with Gasteiger partial charge >= 0.3 is 11.8 Å². The average Bonchev–Trinajstić information content (AvgIpc) is 2.57. The Morgan fingerprint density at radius 1 is 0.750 bits per heavy atom. The van der Waals surface area contributed by atoms with Gasteiger partial charge in [-0.2, -0.15) is 0 Å². The number of anilines is 2. The van der Waals surface area contributed by atoms with Crippen LogP contribution in [-0.4, -0.2) is 11.8 Å². The largest absolute Gasteiger partial charge is 0.318 e. The number of halogens is 2. The van der Waals surface area contributed by atoms with Crippen LogP contribution >= 0.6 is 23.2 Å². The first-order valence-corrected chi connectivity index (χ1v) is 7.85. The van der Waals surface area contributed by atoms with E-state index in [9.17, 15) is 9.59 Å². The lowest BCUT2D eigenvalue weighted by Crippen LogP contribution is -2.29. The second-order valence-electron chi connectivity index (χ2n) is 5.09. The first kappa shape index (κ1) is 16.3. The minimum Gasteiger partial charge on any atom is -0.318 e. The highest BCUT2D eigenvalue weighted by Gasteiger charge is 2.15. The van der Waals surface area contributed by atoms with Crippen molar-refractivity contribution >= 4 is 57.2 Å². The van der Waals surface area contributed by atoms with E-state index in [0.717, 1.165) is 10.8 Å². The predicted molar refractivity (Wildman–Crippen MR) is 97.7 cm³/mol. The van der Waals surface area contributed by atoms with Crippen molar-refractivity contribution in [3.8, 4) is 0 Å². The summed E-state index contributed by atoms with van der Waals surface area (Å²) in [5.74, 6) is -1.59. The van der Waals surface area contributed by atoms with Crippen LogP contribution in [0.2, 0.25) is 10.0 Å². The number of carbonyl (C=O) groups is 2. The Balaban J connectivity index is 1.72. The molecule has 3 aromatic carbocycles. The van der Waals surface area contributed by atoms with E-state index in [-0.39, 0.29) is 5.02 Å². The van der Waals surface area contributed by atoms with Crippen molar-refractivity contribution in [3.63, 3.8) is 0 Å². The molecule has 6 heteroatoms. The maximum absolute atomic E-state index is 12.0. The summed E-state index contributed by atoms with van der Waals surface area (Å²) in [4.78, 5) is 24.0. The Morgan fingerprint density at radius 2 is 1.46 bits per heavy atom. The van der Waals surface area contributed by atoms with Crippen molar-refractivity contribution in [2.75, 3.05) is 10.6 Å². The van der Waals surface area contributed by atoms with Crippen LogP contribution < -0.4 is 10.6 Å². The van der Waals surface area contributed by atoms with Gasteiger partial charge in [0, 0.05) is 10.7 Å². The van der Waals surface area contributed by atoms with Crippen LogP contribution in [0.15, 0.2) is 60.7 Å². The van der Waals surface area contributed by atoms with Gasteiger partial charge < -0.3 is 10.6 Å². The Labute approximate surface area is 148 Å². The third kappa shape index (κ3) is 3.67. The second-order valence-corrected chi connectivity index (χ2v) is 5.94. The van der Waals surface area contributed by atoms with Gasteiger partial charge in [-0.05, 0) is 41.1 Å². The minimum absolute atomic E-state index is 0.259. The molecule has 0 unspecified atom stereocenters. The molecule has 4 nitrogen and oxygen atoms in total. The molecule has 3 aromatic rings. The number of hydrogen-bond donors (Lipinski definition) is 2. The van der Waals surface area contributed by atoms with E-state index in [1.807, 2.05) is 30.3 Å². The molecule has 0 fully saturated rings. The summed E-state index contributed by atoms with van der Waals surface area (Å²) in [5.41, 5.74) is 0.857. The Hall–Kier alpha value is -2.56. The third-order valence-corrected chi connectivity index (χ3v) is 3.94. The third-order valence-electron chi connectivity index (χ3n) is 3.39. The molecule has 24 heavy (non-hydrogen) atoms. The van der Waals surface area contributed by atoms with Crippen LogP contribution in [0, 0.1) is 0 Å². The van der Waals surface area contributed by atoms with Crippen LogP contribution in [-0.2, 0) is 9.59 Å². The van der Waals surface area contributed by atoms with E-state index in [2.05, 4.69) is 10.6 Å². The van der Waals surface area contributed by atoms with Gasteiger partial charge in [-0.15, -0.1) is 0 Å². The minimum atomic E-state index is -0.813. The van der Waals surface area contributed by atoms with Crippen molar-refractivity contribution in [3.05, 3.63) is 70.7 Å². The zero-order chi connectivity index (χ0) is 17.1. The van der Waals surface area contributed by atoms with Gasteiger partial charge in [0.2, 0.25) is 0 Å². The first-order chi connectivity index (χ1) is 11.5. The van der Waals surface area contributed by atoms with Crippen molar-refractivity contribution in [2.45, 2.75) is 0 Å². The van der Waals surface area contributed by atoms with Crippen molar-refractivity contribution < 1.29 is 9.59 Å². The van der Waals surface area contributed by atoms with Gasteiger partial charge in [-0.25, -0.2) is 0 Å². The van der Waals surface area contributed by atoms with Crippen LogP contribution in [0.1, 0.15) is 0 Å². The fourth-order valence-electron chi connectivity index (χ4n) is 2.22. The highest BCUT2D eigenvalue weighted by Crippen LogP contribution is 2.25. The number of amides is 2. The molecule has 0 bridgehead atoms. The van der Waals surface area contributed by atoms with E-state index >= 15 is 0 Å². The van der Waals surface area contributed by atoms with Gasteiger partial charge in [0.05, 0.1) is 10.7 Å². The van der Waals surface area contributed by atoms with E-state index in [0.29, 0.717) is 16.4 Å². The highest BCUT2D eigenvalue weighted by atomic mass is 35.5. The lowest BCUT2D eigenvalue weighted by atomic mass is 10.1. The van der Waals surface area contributed by atoms with Gasteiger partial charge in [0.15, 0.2) is 0 Å². The van der Waals surface area contributed by atoms with E-state index in [1.54, 1.807) is 18.2 Å². The molecule has 120 valence electrons. The van der Waals surface area contributed by atoms with Gasteiger partial charge in [-0.3, -0.25) is 9.59 Å².